The van der Waals surface area contributed by atoms with Crippen LogP contribution in [-0.2, 0) is 9.47 Å². The average molecular weight is 444 g/mol. The van der Waals surface area contributed by atoms with Gasteiger partial charge in [-0.3, -0.25) is 0 Å². The van der Waals surface area contributed by atoms with E-state index in [1.54, 1.807) is 4.68 Å². The molecule has 4 aromatic rings. The summed E-state index contributed by atoms with van der Waals surface area (Å²) in [5.41, 5.74) is 4.60. The minimum absolute atomic E-state index is 0.534. The predicted molar refractivity (Wildman–Crippen MR) is 126 cm³/mol. The van der Waals surface area contributed by atoms with E-state index in [0.29, 0.717) is 19.2 Å². The van der Waals surface area contributed by atoms with Gasteiger partial charge in [0.1, 0.15) is 5.52 Å². The molecule has 1 aromatic carbocycles. The van der Waals surface area contributed by atoms with Gasteiger partial charge < -0.3 is 19.3 Å². The van der Waals surface area contributed by atoms with E-state index in [1.807, 2.05) is 48.8 Å². The maximum Gasteiger partial charge on any atom is 0.253 e. The number of morpholine rings is 2. The van der Waals surface area contributed by atoms with Crippen LogP contribution in [0.25, 0.3) is 28.2 Å². The van der Waals surface area contributed by atoms with Crippen molar-refractivity contribution in [1.82, 2.24) is 24.7 Å². The van der Waals surface area contributed by atoms with Gasteiger partial charge >= 0.3 is 0 Å². The molecule has 2 aliphatic heterocycles. The first kappa shape index (κ1) is 20.1. The van der Waals surface area contributed by atoms with Crippen LogP contribution in [0.2, 0.25) is 0 Å². The van der Waals surface area contributed by atoms with Crippen LogP contribution in [0, 0.1) is 0 Å². The fraction of sp³-hybridized carbons (Fsp3) is 0.333. The third-order valence-corrected chi connectivity index (χ3v) is 6.04. The smallest absolute Gasteiger partial charge is 0.253 e. The Balaban J connectivity index is 1.44. The van der Waals surface area contributed by atoms with Gasteiger partial charge in [0.05, 0.1) is 49.5 Å². The van der Waals surface area contributed by atoms with Crippen molar-refractivity contribution in [1.29, 1.82) is 0 Å². The van der Waals surface area contributed by atoms with Crippen molar-refractivity contribution >= 4 is 22.5 Å². The highest BCUT2D eigenvalue weighted by atomic mass is 16.5. The zero-order chi connectivity index (χ0) is 22.0. The van der Waals surface area contributed by atoms with Crippen LogP contribution in [0.15, 0.2) is 54.9 Å². The molecule has 0 unspecified atom stereocenters. The van der Waals surface area contributed by atoms with Gasteiger partial charge in [0, 0.05) is 37.9 Å². The molecule has 2 aliphatic rings. The molecule has 2 saturated heterocycles. The summed E-state index contributed by atoms with van der Waals surface area (Å²) >= 11 is 0. The Morgan fingerprint density at radius 3 is 2.27 bits per heavy atom. The average Bonchev–Trinajstić information content (AvgIpc) is 3.40. The maximum atomic E-state index is 5.56. The maximum absolute atomic E-state index is 5.56. The molecule has 9 heteroatoms. The summed E-state index contributed by atoms with van der Waals surface area (Å²) in [5, 5.41) is 4.76. The molecule has 0 N–H and O–H groups in total. The third kappa shape index (κ3) is 4.01. The Kier molecular flexibility index (Phi) is 5.33. The Bertz CT molecular complexity index is 1250. The van der Waals surface area contributed by atoms with E-state index >= 15 is 0 Å². The molecule has 168 valence electrons. The number of anilines is 2. The minimum atomic E-state index is 0.534. The third-order valence-electron chi connectivity index (χ3n) is 6.04. The zero-order valence-corrected chi connectivity index (χ0v) is 18.3. The van der Waals surface area contributed by atoms with Crippen molar-refractivity contribution in [3.05, 3.63) is 54.9 Å². The number of hydrogen-bond donors (Lipinski definition) is 0. The lowest BCUT2D eigenvalue weighted by Crippen LogP contribution is -2.37. The van der Waals surface area contributed by atoms with E-state index in [0.717, 1.165) is 73.2 Å². The molecular formula is C24H25N7O2. The van der Waals surface area contributed by atoms with Crippen LogP contribution in [0.4, 0.5) is 11.5 Å². The molecule has 33 heavy (non-hydrogen) atoms. The van der Waals surface area contributed by atoms with E-state index in [9.17, 15) is 0 Å². The number of benzene rings is 1. The molecule has 9 nitrogen and oxygen atoms in total. The van der Waals surface area contributed by atoms with Crippen molar-refractivity contribution < 1.29 is 9.47 Å². The summed E-state index contributed by atoms with van der Waals surface area (Å²) in [6.45, 7) is 6.03. The summed E-state index contributed by atoms with van der Waals surface area (Å²) in [6, 6.07) is 14.2. The number of rotatable bonds is 4. The summed E-state index contributed by atoms with van der Waals surface area (Å²) < 4.78 is 12.8. The summed E-state index contributed by atoms with van der Waals surface area (Å²) in [6.07, 6.45) is 3.83. The number of hydrogen-bond acceptors (Lipinski definition) is 8. The van der Waals surface area contributed by atoms with Gasteiger partial charge in [-0.2, -0.15) is 10.1 Å². The van der Waals surface area contributed by atoms with E-state index in [2.05, 4.69) is 15.9 Å². The molecule has 0 radical (unpaired) electrons. The Morgan fingerprint density at radius 1 is 0.788 bits per heavy atom. The fourth-order valence-corrected chi connectivity index (χ4v) is 4.27. The lowest BCUT2D eigenvalue weighted by molar-refractivity contribution is 0.122. The van der Waals surface area contributed by atoms with Crippen LogP contribution in [0.1, 0.15) is 0 Å². The molecule has 0 aliphatic carbocycles. The number of pyridine rings is 1. The first-order valence-corrected chi connectivity index (χ1v) is 11.3. The Labute approximate surface area is 191 Å². The molecule has 5 heterocycles. The Morgan fingerprint density at radius 2 is 1.52 bits per heavy atom. The van der Waals surface area contributed by atoms with Gasteiger partial charge in [-0.25, -0.2) is 14.6 Å². The fourth-order valence-electron chi connectivity index (χ4n) is 4.27. The van der Waals surface area contributed by atoms with E-state index in [4.69, 9.17) is 29.5 Å². The van der Waals surface area contributed by atoms with Crippen LogP contribution in [0.5, 0.6) is 0 Å². The number of aromatic nitrogens is 5. The SMILES string of the molecule is c1ccc(-c2ccn(-c3nc(N4CCOCC4)c4ncc(N5CCOCC5)cc4n3)n2)cc1. The van der Waals surface area contributed by atoms with Crippen molar-refractivity contribution in [3.63, 3.8) is 0 Å². The molecule has 0 atom stereocenters. The van der Waals surface area contributed by atoms with Crippen LogP contribution in [0.3, 0.4) is 0 Å². The standard InChI is InChI=1S/C24H25N7O2/c1-2-4-18(5-3-1)20-6-7-31(28-20)24-26-21-16-19(29-8-12-32-13-9-29)17-25-22(21)23(27-24)30-10-14-33-15-11-30/h1-7,16-17H,8-15H2. The summed E-state index contributed by atoms with van der Waals surface area (Å²) in [4.78, 5) is 19.1. The lowest BCUT2D eigenvalue weighted by Gasteiger charge is -2.30. The highest BCUT2D eigenvalue weighted by Gasteiger charge is 2.21. The zero-order valence-electron chi connectivity index (χ0n) is 18.3. The van der Waals surface area contributed by atoms with Crippen LogP contribution in [-0.4, -0.2) is 77.3 Å². The lowest BCUT2D eigenvalue weighted by atomic mass is 10.2. The highest BCUT2D eigenvalue weighted by molar-refractivity contribution is 5.88. The minimum Gasteiger partial charge on any atom is -0.378 e. The van der Waals surface area contributed by atoms with Crippen molar-refractivity contribution in [2.45, 2.75) is 0 Å². The van der Waals surface area contributed by atoms with Crippen molar-refractivity contribution in [2.75, 3.05) is 62.4 Å². The Hall–Kier alpha value is -3.56. The normalized spacial score (nSPS) is 17.0. The van der Waals surface area contributed by atoms with Gasteiger partial charge in [-0.1, -0.05) is 30.3 Å². The molecule has 0 saturated carbocycles. The first-order valence-electron chi connectivity index (χ1n) is 11.3. The van der Waals surface area contributed by atoms with Crippen LogP contribution >= 0.6 is 0 Å². The summed E-state index contributed by atoms with van der Waals surface area (Å²) in [7, 11) is 0. The van der Waals surface area contributed by atoms with Crippen molar-refractivity contribution in [3.8, 4) is 17.2 Å². The topological polar surface area (TPSA) is 81.4 Å². The molecule has 3 aromatic heterocycles. The van der Waals surface area contributed by atoms with Gasteiger partial charge in [-0.05, 0) is 12.1 Å². The number of fused-ring (bicyclic) bond motifs is 1. The van der Waals surface area contributed by atoms with E-state index < -0.39 is 0 Å². The molecular weight excluding hydrogens is 418 g/mol. The molecule has 0 bridgehead atoms. The number of ether oxygens (including phenoxy) is 2. The van der Waals surface area contributed by atoms with Crippen molar-refractivity contribution in [2.24, 2.45) is 0 Å². The summed E-state index contributed by atoms with van der Waals surface area (Å²) in [5.74, 6) is 1.36. The highest BCUT2D eigenvalue weighted by Crippen LogP contribution is 2.28. The quantitative estimate of drug-likeness (QED) is 0.476. The van der Waals surface area contributed by atoms with Gasteiger partial charge in [0.25, 0.3) is 5.95 Å². The second-order valence-corrected chi connectivity index (χ2v) is 8.12. The van der Waals surface area contributed by atoms with Crippen LogP contribution < -0.4 is 9.80 Å². The van der Waals surface area contributed by atoms with Gasteiger partial charge in [0.15, 0.2) is 5.82 Å². The molecule has 2 fully saturated rings. The van der Waals surface area contributed by atoms with E-state index in [1.165, 1.54) is 0 Å². The van der Waals surface area contributed by atoms with Gasteiger partial charge in [-0.15, -0.1) is 0 Å². The van der Waals surface area contributed by atoms with E-state index in [-0.39, 0.29) is 0 Å². The van der Waals surface area contributed by atoms with Gasteiger partial charge in [0.2, 0.25) is 0 Å². The number of nitrogens with zero attached hydrogens (tertiary/aromatic N) is 7. The second kappa shape index (κ2) is 8.76. The molecule has 6 rings (SSSR count). The monoisotopic (exact) mass is 443 g/mol. The first-order chi connectivity index (χ1) is 16.3. The predicted octanol–water partition coefficient (Wildman–Crippen LogP) is 2.55. The molecule has 0 amide bonds. The molecule has 0 spiro atoms. The largest absolute Gasteiger partial charge is 0.378 e. The second-order valence-electron chi connectivity index (χ2n) is 8.12.